The van der Waals surface area contributed by atoms with Gasteiger partial charge >= 0.3 is 0 Å². The molecular weight excluding hydrogens is 462 g/mol. The minimum absolute atomic E-state index is 0.189. The fraction of sp³-hybridized carbons (Fsp3) is 0.133. The van der Waals surface area contributed by atoms with Crippen LogP contribution in [0.25, 0.3) is 11.0 Å². The normalized spacial score (nSPS) is 12.8. The number of rotatable bonds is 7. The molecule has 0 fully saturated rings. The summed E-state index contributed by atoms with van der Waals surface area (Å²) in [7, 11) is -13.0. The van der Waals surface area contributed by atoms with Crippen LogP contribution in [0.15, 0.2) is 51.3 Å². The molecule has 1 aromatic heterocycles. The average molecular weight is 477 g/mol. The van der Waals surface area contributed by atoms with Gasteiger partial charge in [-0.25, -0.2) is 13.4 Å². The molecular formula is C15H15N3O9S3. The lowest BCUT2D eigenvalue weighted by atomic mass is 10.3. The number of nitrogens with one attached hydrogen (secondary N) is 2. The van der Waals surface area contributed by atoms with Gasteiger partial charge in [0.25, 0.3) is 20.2 Å². The Labute approximate surface area is 171 Å². The van der Waals surface area contributed by atoms with E-state index in [0.29, 0.717) is 22.8 Å². The molecule has 162 valence electrons. The second-order valence-corrected chi connectivity index (χ2v) is 10.9. The van der Waals surface area contributed by atoms with Crippen LogP contribution in [-0.2, 0) is 30.1 Å². The number of hydrogen-bond acceptors (Lipinski definition) is 9. The maximum atomic E-state index is 11.6. The molecule has 15 heteroatoms. The quantitative estimate of drug-likeness (QED) is 0.279. The van der Waals surface area contributed by atoms with Crippen LogP contribution < -0.4 is 10.1 Å². The molecule has 1 heterocycles. The van der Waals surface area contributed by atoms with Crippen LogP contribution in [0.2, 0.25) is 0 Å². The zero-order chi connectivity index (χ0) is 22.3. The van der Waals surface area contributed by atoms with E-state index in [0.717, 1.165) is 18.4 Å². The van der Waals surface area contributed by atoms with Crippen molar-refractivity contribution in [1.82, 2.24) is 9.97 Å². The third-order valence-electron chi connectivity index (χ3n) is 3.78. The number of benzene rings is 2. The fourth-order valence-electron chi connectivity index (χ4n) is 2.40. The Kier molecular flexibility index (Phi) is 5.50. The SMILES string of the molecule is CS(=O)(=O)c1nc2ccc(NCOc3cc(S(=O)(=O)O)cc(S(=O)(=O)O)c3)cc2[nH]1. The fourth-order valence-corrected chi connectivity index (χ4v) is 4.12. The Morgan fingerprint density at radius 2 is 1.57 bits per heavy atom. The molecule has 0 aliphatic carbocycles. The summed E-state index contributed by atoms with van der Waals surface area (Å²) in [6.45, 7) is -0.265. The second kappa shape index (κ2) is 7.51. The highest BCUT2D eigenvalue weighted by Gasteiger charge is 2.19. The zero-order valence-corrected chi connectivity index (χ0v) is 17.5. The average Bonchev–Trinajstić information content (AvgIpc) is 3.04. The highest BCUT2D eigenvalue weighted by Crippen LogP contribution is 2.24. The standard InChI is InChI=1S/C15H15N3O9S3/c1-28(19,20)15-17-13-3-2-9(4-14(13)18-15)16-8-27-10-5-11(29(21,22)23)7-12(6-10)30(24,25)26/h2-7,16H,8H2,1H3,(H,17,18)(H,21,22,23)(H,24,25,26). The first-order valence-corrected chi connectivity index (χ1v) is 12.7. The number of imidazole rings is 1. The summed E-state index contributed by atoms with van der Waals surface area (Å²) in [5.74, 6) is -0.257. The van der Waals surface area contributed by atoms with Crippen LogP contribution in [0.1, 0.15) is 0 Å². The summed E-state index contributed by atoms with van der Waals surface area (Å²) in [4.78, 5) is 5.06. The molecule has 0 spiro atoms. The van der Waals surface area contributed by atoms with E-state index >= 15 is 0 Å². The molecule has 0 saturated carbocycles. The van der Waals surface area contributed by atoms with Crippen molar-refractivity contribution in [3.63, 3.8) is 0 Å². The van der Waals surface area contributed by atoms with E-state index < -0.39 is 39.9 Å². The number of aromatic nitrogens is 2. The van der Waals surface area contributed by atoms with Gasteiger partial charge in [-0.1, -0.05) is 0 Å². The molecule has 12 nitrogen and oxygen atoms in total. The van der Waals surface area contributed by atoms with Gasteiger partial charge in [0.1, 0.15) is 5.75 Å². The van der Waals surface area contributed by atoms with E-state index in [4.69, 9.17) is 13.8 Å². The van der Waals surface area contributed by atoms with Crippen molar-refractivity contribution < 1.29 is 39.1 Å². The molecule has 3 rings (SSSR count). The lowest BCUT2D eigenvalue weighted by Gasteiger charge is -2.11. The largest absolute Gasteiger partial charge is 0.473 e. The first kappa shape index (κ1) is 22.0. The van der Waals surface area contributed by atoms with Gasteiger partial charge in [-0.15, -0.1) is 0 Å². The Bertz CT molecular complexity index is 1390. The van der Waals surface area contributed by atoms with E-state index in [9.17, 15) is 25.3 Å². The highest BCUT2D eigenvalue weighted by molar-refractivity contribution is 7.90. The summed E-state index contributed by atoms with van der Waals surface area (Å²) in [6, 6.07) is 7.02. The maximum absolute atomic E-state index is 11.6. The van der Waals surface area contributed by atoms with Crippen molar-refractivity contribution in [2.24, 2.45) is 0 Å². The van der Waals surface area contributed by atoms with Crippen molar-refractivity contribution in [2.75, 3.05) is 18.3 Å². The van der Waals surface area contributed by atoms with Gasteiger partial charge in [0.05, 0.1) is 20.8 Å². The topological polar surface area (TPSA) is 193 Å². The van der Waals surface area contributed by atoms with Gasteiger partial charge in [-0.3, -0.25) is 9.11 Å². The van der Waals surface area contributed by atoms with Gasteiger partial charge in [-0.05, 0) is 24.3 Å². The van der Waals surface area contributed by atoms with Crippen LogP contribution in [0.5, 0.6) is 5.75 Å². The number of nitrogens with zero attached hydrogens (tertiary/aromatic N) is 1. The Hall–Kier alpha value is -2.72. The molecule has 0 bridgehead atoms. The lowest BCUT2D eigenvalue weighted by molar-refractivity contribution is 0.344. The molecule has 4 N–H and O–H groups in total. The highest BCUT2D eigenvalue weighted by atomic mass is 32.2. The van der Waals surface area contributed by atoms with Gasteiger partial charge in [-0.2, -0.15) is 16.8 Å². The summed E-state index contributed by atoms with van der Waals surface area (Å²) in [6.07, 6.45) is 1.01. The zero-order valence-electron chi connectivity index (χ0n) is 15.1. The first-order valence-electron chi connectivity index (χ1n) is 7.90. The second-order valence-electron chi connectivity index (χ2n) is 6.10. The van der Waals surface area contributed by atoms with Crippen LogP contribution in [0, 0.1) is 0 Å². The van der Waals surface area contributed by atoms with Crippen molar-refractivity contribution in [2.45, 2.75) is 14.9 Å². The predicted octanol–water partition coefficient (Wildman–Crippen LogP) is 0.908. The molecule has 2 aromatic carbocycles. The van der Waals surface area contributed by atoms with Crippen molar-refractivity contribution >= 4 is 46.8 Å². The van der Waals surface area contributed by atoms with Crippen LogP contribution in [0.3, 0.4) is 0 Å². The summed E-state index contributed by atoms with van der Waals surface area (Å²) in [5, 5.41) is 2.62. The molecule has 0 aliphatic heterocycles. The number of ether oxygens (including phenoxy) is 1. The van der Waals surface area contributed by atoms with E-state index in [1.807, 2.05) is 0 Å². The molecule has 3 aromatic rings. The smallest absolute Gasteiger partial charge is 0.294 e. The number of hydrogen-bond donors (Lipinski definition) is 4. The van der Waals surface area contributed by atoms with Gasteiger partial charge < -0.3 is 15.0 Å². The molecule has 0 unspecified atom stereocenters. The lowest BCUT2D eigenvalue weighted by Crippen LogP contribution is -2.10. The van der Waals surface area contributed by atoms with E-state index in [-0.39, 0.29) is 17.6 Å². The van der Waals surface area contributed by atoms with Crippen LogP contribution in [0.4, 0.5) is 5.69 Å². The van der Waals surface area contributed by atoms with Gasteiger partial charge in [0.2, 0.25) is 15.0 Å². The first-order chi connectivity index (χ1) is 13.7. The molecule has 0 radical (unpaired) electrons. The maximum Gasteiger partial charge on any atom is 0.294 e. The van der Waals surface area contributed by atoms with E-state index in [2.05, 4.69) is 15.3 Å². The molecule has 0 aliphatic rings. The van der Waals surface area contributed by atoms with Gasteiger partial charge in [0, 0.05) is 24.1 Å². The number of aromatic amines is 1. The Morgan fingerprint density at radius 3 is 2.10 bits per heavy atom. The third-order valence-corrected chi connectivity index (χ3v) is 6.33. The number of anilines is 1. The number of sulfone groups is 1. The molecule has 0 saturated heterocycles. The number of H-pyrrole nitrogens is 1. The van der Waals surface area contributed by atoms with Gasteiger partial charge in [0.15, 0.2) is 6.73 Å². The monoisotopic (exact) mass is 477 g/mol. The Morgan fingerprint density at radius 1 is 0.967 bits per heavy atom. The summed E-state index contributed by atoms with van der Waals surface area (Å²) >= 11 is 0. The van der Waals surface area contributed by atoms with Crippen molar-refractivity contribution in [1.29, 1.82) is 0 Å². The molecule has 0 atom stereocenters. The summed E-state index contributed by atoms with van der Waals surface area (Å²) in [5.41, 5.74) is 1.33. The molecule has 30 heavy (non-hydrogen) atoms. The minimum atomic E-state index is -4.76. The van der Waals surface area contributed by atoms with E-state index in [1.54, 1.807) is 18.2 Å². The number of fused-ring (bicyclic) bond motifs is 1. The van der Waals surface area contributed by atoms with Crippen LogP contribution >= 0.6 is 0 Å². The van der Waals surface area contributed by atoms with Crippen LogP contribution in [-0.4, -0.2) is 57.3 Å². The van der Waals surface area contributed by atoms with E-state index in [1.165, 1.54) is 0 Å². The summed E-state index contributed by atoms with van der Waals surface area (Å²) < 4.78 is 91.9. The Balaban J connectivity index is 1.80. The minimum Gasteiger partial charge on any atom is -0.473 e. The molecule has 0 amide bonds. The predicted molar refractivity (Wildman–Crippen MR) is 104 cm³/mol. The van der Waals surface area contributed by atoms with Crippen molar-refractivity contribution in [3.8, 4) is 5.75 Å². The van der Waals surface area contributed by atoms with Crippen molar-refractivity contribution in [3.05, 3.63) is 36.4 Å². The third kappa shape index (κ3) is 5.06.